The number of carbonyl (C=O) groups excluding carboxylic acids is 1. The summed E-state index contributed by atoms with van der Waals surface area (Å²) in [6.45, 7) is 0.891. The van der Waals surface area contributed by atoms with Crippen LogP contribution in [0, 0.1) is 45.0 Å². The Morgan fingerprint density at radius 1 is 0.941 bits per heavy atom. The van der Waals surface area contributed by atoms with Crippen LogP contribution in [-0.2, 0) is 10.4 Å². The summed E-state index contributed by atoms with van der Waals surface area (Å²) in [6.07, 6.45) is 0.979. The average molecular weight is 711 g/mol. The van der Waals surface area contributed by atoms with Crippen molar-refractivity contribution in [2.75, 3.05) is 0 Å². The molecule has 1 aromatic heterocycles. The van der Waals surface area contributed by atoms with Crippen LogP contribution in [0.5, 0.6) is 0 Å². The topological polar surface area (TPSA) is 119 Å². The summed E-state index contributed by atoms with van der Waals surface area (Å²) < 4.78 is 74.9. The van der Waals surface area contributed by atoms with Gasteiger partial charge in [0.05, 0.1) is 34.5 Å². The molecular weight excluding hydrogens is 688 g/mol. The van der Waals surface area contributed by atoms with Gasteiger partial charge in [-0.05, 0) is 109 Å². The van der Waals surface area contributed by atoms with Crippen LogP contribution >= 0.6 is 11.9 Å². The van der Waals surface area contributed by atoms with Gasteiger partial charge in [-0.2, -0.15) is 10.5 Å². The van der Waals surface area contributed by atoms with Gasteiger partial charge in [-0.3, -0.25) is 8.77 Å². The van der Waals surface area contributed by atoms with E-state index in [1.54, 1.807) is 10.0 Å². The maximum absolute atomic E-state index is 15.7. The largest absolute Gasteiger partial charge is 0.375 e. The number of hydrogen-bond donors (Lipinski definition) is 1. The lowest BCUT2D eigenvalue weighted by molar-refractivity contribution is -0.135. The number of hydrogen-bond acceptors (Lipinski definition) is 6. The van der Waals surface area contributed by atoms with Gasteiger partial charge in [0.15, 0.2) is 5.60 Å². The van der Waals surface area contributed by atoms with E-state index in [9.17, 15) is 38.5 Å². The van der Waals surface area contributed by atoms with Crippen LogP contribution < -0.4 is 0 Å². The van der Waals surface area contributed by atoms with Gasteiger partial charge >= 0.3 is 5.91 Å². The second kappa shape index (κ2) is 13.8. The van der Waals surface area contributed by atoms with Crippen molar-refractivity contribution in [3.63, 3.8) is 0 Å². The van der Waals surface area contributed by atoms with E-state index in [1.807, 2.05) is 0 Å². The third-order valence-electron chi connectivity index (χ3n) is 8.58. The number of aromatic nitrogens is 1. The van der Waals surface area contributed by atoms with Crippen molar-refractivity contribution in [1.29, 1.82) is 10.5 Å². The molecule has 1 aliphatic rings. The second-order valence-corrected chi connectivity index (χ2v) is 12.8. The van der Waals surface area contributed by atoms with Gasteiger partial charge in [0.2, 0.25) is 0 Å². The molecule has 0 saturated carbocycles. The Hall–Kier alpha value is -5.89. The molecule has 0 bridgehead atoms. The van der Waals surface area contributed by atoms with E-state index in [2.05, 4.69) is 17.3 Å². The fraction of sp³-hybridized carbons (Fsp3) is 0.132. The fourth-order valence-electron chi connectivity index (χ4n) is 6.07. The van der Waals surface area contributed by atoms with Crippen LogP contribution in [0.2, 0.25) is 0 Å². The van der Waals surface area contributed by atoms with Crippen molar-refractivity contribution in [2.45, 2.75) is 36.7 Å². The number of halogens is 5. The van der Waals surface area contributed by atoms with E-state index < -0.39 is 46.5 Å². The molecule has 1 atom stereocenters. The van der Waals surface area contributed by atoms with Gasteiger partial charge in [-0.25, -0.2) is 22.0 Å². The van der Waals surface area contributed by atoms with Gasteiger partial charge < -0.3 is 5.11 Å². The highest BCUT2D eigenvalue weighted by molar-refractivity contribution is 7.98. The van der Waals surface area contributed by atoms with Gasteiger partial charge in [-0.1, -0.05) is 24.3 Å². The fourth-order valence-corrected chi connectivity index (χ4v) is 7.08. The zero-order valence-electron chi connectivity index (χ0n) is 26.4. The van der Waals surface area contributed by atoms with E-state index >= 15 is 8.78 Å². The zero-order chi connectivity index (χ0) is 36.6. The first-order valence-corrected chi connectivity index (χ1v) is 16.0. The lowest BCUT2D eigenvalue weighted by Crippen LogP contribution is -2.31. The van der Waals surface area contributed by atoms with Crippen molar-refractivity contribution >= 4 is 39.9 Å². The maximum Gasteiger partial charge on any atom is 0.321 e. The summed E-state index contributed by atoms with van der Waals surface area (Å²) >= 11 is 1.09. The standard InChI is InChI=1S/C38H23F5N4O3S/c1-38(49,37(48)46-50)25-15-29(40)33(30(41)16-25)21-4-2-5-22(14-21)35-34(32-23(18-44)6-3-7-24(32)19-45)28-17-26(39)10-13-31(28)47(35)51-27-11-8-20(9-12-27)36(42)43/h3,5-17,36,49H,2,4H2,1H3. The Morgan fingerprint density at radius 2 is 1.59 bits per heavy atom. The molecule has 4 aromatic carbocycles. The average Bonchev–Trinajstić information content (AvgIpc) is 3.42. The molecule has 0 radical (unpaired) electrons. The molecule has 0 saturated heterocycles. The molecule has 1 aliphatic carbocycles. The first kappa shape index (κ1) is 35.0. The van der Waals surface area contributed by atoms with Crippen LogP contribution in [0.1, 0.15) is 59.7 Å². The number of nitriles is 2. The predicted molar refractivity (Wildman–Crippen MR) is 181 cm³/mol. The van der Waals surface area contributed by atoms with Gasteiger partial charge in [0.25, 0.3) is 6.43 Å². The highest BCUT2D eigenvalue weighted by Gasteiger charge is 2.36. The number of aliphatic hydroxyl groups is 1. The molecule has 5 aromatic rings. The third-order valence-corrected chi connectivity index (χ3v) is 9.62. The van der Waals surface area contributed by atoms with Crippen molar-refractivity contribution < 1.29 is 31.9 Å². The number of nitroso groups, excluding NO2 is 1. The summed E-state index contributed by atoms with van der Waals surface area (Å²) in [5, 5.41) is 33.3. The quantitative estimate of drug-likeness (QED) is 0.127. The Labute approximate surface area is 291 Å². The van der Waals surface area contributed by atoms with Crippen LogP contribution in [0.25, 0.3) is 33.2 Å². The molecule has 1 unspecified atom stereocenters. The molecule has 1 heterocycles. The number of nitrogens with zero attached hydrogens (tertiary/aromatic N) is 4. The van der Waals surface area contributed by atoms with Gasteiger partial charge in [0, 0.05) is 37.7 Å². The smallest absolute Gasteiger partial charge is 0.321 e. The second-order valence-electron chi connectivity index (χ2n) is 11.7. The third kappa shape index (κ3) is 6.34. The van der Waals surface area contributed by atoms with Crippen LogP contribution in [-0.4, -0.2) is 15.0 Å². The first-order valence-electron chi connectivity index (χ1n) is 15.2. The number of benzene rings is 4. The molecule has 13 heteroatoms. The summed E-state index contributed by atoms with van der Waals surface area (Å²) in [4.78, 5) is 23.2. The van der Waals surface area contributed by atoms with Crippen LogP contribution in [0.3, 0.4) is 0 Å². The van der Waals surface area contributed by atoms with E-state index in [-0.39, 0.29) is 46.2 Å². The van der Waals surface area contributed by atoms with Gasteiger partial charge in [-0.15, -0.1) is 4.91 Å². The summed E-state index contributed by atoms with van der Waals surface area (Å²) in [5.74, 6) is -4.42. The van der Waals surface area contributed by atoms with E-state index in [1.165, 1.54) is 66.7 Å². The van der Waals surface area contributed by atoms with Crippen molar-refractivity contribution in [3.8, 4) is 23.3 Å². The Kier molecular flexibility index (Phi) is 9.45. The molecule has 0 fully saturated rings. The minimum absolute atomic E-state index is 0.101. The van der Waals surface area contributed by atoms with E-state index in [0.29, 0.717) is 27.1 Å². The lowest BCUT2D eigenvalue weighted by atomic mass is 9.86. The Bertz CT molecular complexity index is 2350. The summed E-state index contributed by atoms with van der Waals surface area (Å²) in [5.41, 5.74) is -1.78. The maximum atomic E-state index is 15.7. The molecule has 51 heavy (non-hydrogen) atoms. The Balaban J connectivity index is 1.63. The predicted octanol–water partition coefficient (Wildman–Crippen LogP) is 9.72. The molecule has 1 amide bonds. The lowest BCUT2D eigenvalue weighted by Gasteiger charge is -2.22. The summed E-state index contributed by atoms with van der Waals surface area (Å²) in [7, 11) is 0. The number of allylic oxidation sites excluding steroid dienone is 4. The highest BCUT2D eigenvalue weighted by atomic mass is 32.2. The van der Waals surface area contributed by atoms with Crippen molar-refractivity contribution in [2.24, 2.45) is 5.18 Å². The molecule has 0 spiro atoms. The highest BCUT2D eigenvalue weighted by Crippen LogP contribution is 2.47. The number of amides is 1. The molecule has 1 N–H and O–H groups in total. The Morgan fingerprint density at radius 3 is 2.18 bits per heavy atom. The monoisotopic (exact) mass is 710 g/mol. The molecular formula is C38H23F5N4O3S. The van der Waals surface area contributed by atoms with E-state index in [0.717, 1.165) is 31.0 Å². The number of carbonyl (C=O) groups is 1. The summed E-state index contributed by atoms with van der Waals surface area (Å²) in [6, 6.07) is 19.7. The number of fused-ring (bicyclic) bond motifs is 1. The molecule has 7 nitrogen and oxygen atoms in total. The van der Waals surface area contributed by atoms with Crippen molar-refractivity contribution in [1.82, 2.24) is 3.97 Å². The normalized spacial score (nSPS) is 14.0. The van der Waals surface area contributed by atoms with Crippen LogP contribution in [0.15, 0.2) is 95.0 Å². The van der Waals surface area contributed by atoms with Crippen molar-refractivity contribution in [3.05, 3.63) is 141 Å². The van der Waals surface area contributed by atoms with Gasteiger partial charge in [0.1, 0.15) is 17.5 Å². The van der Waals surface area contributed by atoms with E-state index in [4.69, 9.17) is 0 Å². The zero-order valence-corrected chi connectivity index (χ0v) is 27.2. The van der Waals surface area contributed by atoms with Crippen LogP contribution in [0.4, 0.5) is 22.0 Å². The first-order chi connectivity index (χ1) is 24.4. The minimum atomic E-state index is -2.70. The SMILES string of the molecule is CC(O)(C(=O)N=O)c1cc(F)c(C2=CC(c3c(-c4c(C#N)cccc4C#N)c4cc(F)ccc4n3Sc3ccc(C(F)F)cc3)=CCC2)c(F)c1. The molecule has 0 aliphatic heterocycles. The molecule has 6 rings (SSSR count). The molecule has 254 valence electrons. The number of alkyl halides is 2. The minimum Gasteiger partial charge on any atom is -0.375 e. The number of rotatable bonds is 8.